The highest BCUT2D eigenvalue weighted by Crippen LogP contribution is 2.11. The third-order valence-electron chi connectivity index (χ3n) is 2.41. The molecular weight excluding hydrogens is 302 g/mol. The van der Waals surface area contributed by atoms with E-state index < -0.39 is 5.97 Å². The molecule has 96 valence electrons. The SMILES string of the molecule is CCOC(=O)Cn1c(=O)[nH]c2cc(CBr)cnc21. The predicted octanol–water partition coefficient (Wildman–Crippen LogP) is 1.18. The molecule has 2 heterocycles. The van der Waals surface area contributed by atoms with Crippen LogP contribution in [0.25, 0.3) is 11.2 Å². The molecule has 0 fully saturated rings. The Balaban J connectivity index is 2.41. The normalized spacial score (nSPS) is 10.8. The van der Waals surface area contributed by atoms with E-state index in [9.17, 15) is 9.59 Å². The van der Waals surface area contributed by atoms with Crippen molar-refractivity contribution in [1.82, 2.24) is 14.5 Å². The van der Waals surface area contributed by atoms with Gasteiger partial charge in [-0.3, -0.25) is 9.36 Å². The van der Waals surface area contributed by atoms with E-state index >= 15 is 0 Å². The van der Waals surface area contributed by atoms with Gasteiger partial charge >= 0.3 is 11.7 Å². The highest BCUT2D eigenvalue weighted by atomic mass is 79.9. The summed E-state index contributed by atoms with van der Waals surface area (Å²) in [5.74, 6) is -0.452. The van der Waals surface area contributed by atoms with Gasteiger partial charge in [0.05, 0.1) is 12.1 Å². The van der Waals surface area contributed by atoms with Crippen LogP contribution in [-0.4, -0.2) is 27.1 Å². The molecule has 2 aromatic rings. The van der Waals surface area contributed by atoms with Gasteiger partial charge in [0.15, 0.2) is 5.65 Å². The quantitative estimate of drug-likeness (QED) is 0.679. The molecule has 0 atom stereocenters. The summed E-state index contributed by atoms with van der Waals surface area (Å²) in [5, 5.41) is 0.654. The van der Waals surface area contributed by atoms with Crippen LogP contribution in [-0.2, 0) is 21.4 Å². The lowest BCUT2D eigenvalue weighted by atomic mass is 10.3. The van der Waals surface area contributed by atoms with E-state index in [4.69, 9.17) is 4.74 Å². The lowest BCUT2D eigenvalue weighted by molar-refractivity contribution is -0.143. The number of H-pyrrole nitrogens is 1. The fraction of sp³-hybridized carbons (Fsp3) is 0.364. The molecule has 0 saturated carbocycles. The van der Waals surface area contributed by atoms with E-state index in [1.165, 1.54) is 4.57 Å². The maximum atomic E-state index is 11.7. The Bertz CT molecular complexity index is 632. The van der Waals surface area contributed by atoms with Crippen molar-refractivity contribution in [2.24, 2.45) is 0 Å². The van der Waals surface area contributed by atoms with Crippen molar-refractivity contribution in [1.29, 1.82) is 0 Å². The Morgan fingerprint density at radius 3 is 3.06 bits per heavy atom. The molecule has 18 heavy (non-hydrogen) atoms. The maximum Gasteiger partial charge on any atom is 0.328 e. The van der Waals surface area contributed by atoms with Crippen LogP contribution >= 0.6 is 15.9 Å². The fourth-order valence-corrected chi connectivity index (χ4v) is 1.95. The largest absolute Gasteiger partial charge is 0.465 e. The molecule has 0 bridgehead atoms. The summed E-state index contributed by atoms with van der Waals surface area (Å²) in [6, 6.07) is 1.82. The van der Waals surface area contributed by atoms with Gasteiger partial charge in [-0.1, -0.05) is 15.9 Å². The highest BCUT2D eigenvalue weighted by Gasteiger charge is 2.12. The van der Waals surface area contributed by atoms with Crippen molar-refractivity contribution >= 4 is 33.1 Å². The van der Waals surface area contributed by atoms with Gasteiger partial charge in [0, 0.05) is 11.5 Å². The van der Waals surface area contributed by atoms with Gasteiger partial charge in [0.25, 0.3) is 0 Å². The Morgan fingerprint density at radius 2 is 2.39 bits per heavy atom. The van der Waals surface area contributed by atoms with E-state index in [-0.39, 0.29) is 18.8 Å². The Hall–Kier alpha value is -1.63. The number of nitrogens with zero attached hydrogens (tertiary/aromatic N) is 2. The average molecular weight is 314 g/mol. The van der Waals surface area contributed by atoms with Crippen molar-refractivity contribution in [3.05, 3.63) is 28.3 Å². The number of carbonyl (C=O) groups is 1. The van der Waals surface area contributed by atoms with E-state index in [2.05, 4.69) is 25.9 Å². The number of imidazole rings is 1. The molecule has 0 spiro atoms. The number of aromatic amines is 1. The van der Waals surface area contributed by atoms with E-state index in [1.54, 1.807) is 13.1 Å². The van der Waals surface area contributed by atoms with Gasteiger partial charge in [0.1, 0.15) is 6.54 Å². The van der Waals surface area contributed by atoms with E-state index in [1.807, 2.05) is 6.07 Å². The molecule has 7 heteroatoms. The number of halogens is 1. The molecule has 0 amide bonds. The molecule has 0 aliphatic heterocycles. The summed E-state index contributed by atoms with van der Waals surface area (Å²) in [4.78, 5) is 30.0. The van der Waals surface area contributed by atoms with Gasteiger partial charge in [0.2, 0.25) is 0 Å². The number of pyridine rings is 1. The van der Waals surface area contributed by atoms with Gasteiger partial charge < -0.3 is 9.72 Å². The predicted molar refractivity (Wildman–Crippen MR) is 69.6 cm³/mol. The minimum absolute atomic E-state index is 0.132. The molecule has 2 aromatic heterocycles. The molecule has 0 unspecified atom stereocenters. The molecule has 6 nitrogen and oxygen atoms in total. The number of fused-ring (bicyclic) bond motifs is 1. The molecule has 0 radical (unpaired) electrons. The van der Waals surface area contributed by atoms with Crippen LogP contribution in [0.15, 0.2) is 17.1 Å². The van der Waals surface area contributed by atoms with Gasteiger partial charge in [-0.05, 0) is 18.6 Å². The minimum atomic E-state index is -0.452. The number of hydrogen-bond donors (Lipinski definition) is 1. The number of ether oxygens (including phenoxy) is 1. The summed E-state index contributed by atoms with van der Waals surface area (Å²) in [6.45, 7) is 1.88. The molecule has 0 aromatic carbocycles. The number of hydrogen-bond acceptors (Lipinski definition) is 4. The van der Waals surface area contributed by atoms with E-state index in [0.717, 1.165) is 5.56 Å². The molecule has 0 aliphatic rings. The maximum absolute atomic E-state index is 11.7. The number of aromatic nitrogens is 3. The van der Waals surface area contributed by atoms with E-state index in [0.29, 0.717) is 16.5 Å². The first-order chi connectivity index (χ1) is 8.65. The zero-order chi connectivity index (χ0) is 13.1. The summed E-state index contributed by atoms with van der Waals surface area (Å²) in [6.07, 6.45) is 1.66. The third kappa shape index (κ3) is 2.45. The zero-order valence-corrected chi connectivity index (χ0v) is 11.4. The Kier molecular flexibility index (Phi) is 3.81. The van der Waals surface area contributed by atoms with Crippen molar-refractivity contribution in [3.8, 4) is 0 Å². The number of esters is 1. The summed E-state index contributed by atoms with van der Waals surface area (Å²) >= 11 is 3.32. The van der Waals surface area contributed by atoms with Crippen LogP contribution in [0.5, 0.6) is 0 Å². The van der Waals surface area contributed by atoms with Crippen LogP contribution in [0.3, 0.4) is 0 Å². The highest BCUT2D eigenvalue weighted by molar-refractivity contribution is 9.08. The zero-order valence-electron chi connectivity index (χ0n) is 9.77. The van der Waals surface area contributed by atoms with Gasteiger partial charge in [-0.15, -0.1) is 0 Å². The number of carbonyl (C=O) groups excluding carboxylic acids is 1. The molecule has 1 N–H and O–H groups in total. The van der Waals surface area contributed by atoms with Gasteiger partial charge in [-0.25, -0.2) is 9.78 Å². The van der Waals surface area contributed by atoms with Crippen LogP contribution in [0.4, 0.5) is 0 Å². The summed E-state index contributed by atoms with van der Waals surface area (Å²) in [5.41, 5.74) is 1.66. The van der Waals surface area contributed by atoms with Crippen LogP contribution in [0.2, 0.25) is 0 Å². The van der Waals surface area contributed by atoms with Crippen molar-refractivity contribution < 1.29 is 9.53 Å². The fourth-order valence-electron chi connectivity index (χ4n) is 1.64. The molecular formula is C11H12BrN3O3. The third-order valence-corrected chi connectivity index (χ3v) is 3.06. The smallest absolute Gasteiger partial charge is 0.328 e. The lowest BCUT2D eigenvalue weighted by Crippen LogP contribution is -2.23. The molecule has 2 rings (SSSR count). The second-order valence-corrected chi connectivity index (χ2v) is 4.23. The van der Waals surface area contributed by atoms with Crippen molar-refractivity contribution in [3.63, 3.8) is 0 Å². The number of alkyl halides is 1. The molecule has 0 saturated heterocycles. The minimum Gasteiger partial charge on any atom is -0.465 e. The first kappa shape index (κ1) is 12.8. The number of nitrogens with one attached hydrogen (secondary N) is 1. The first-order valence-corrected chi connectivity index (χ1v) is 6.57. The Morgan fingerprint density at radius 1 is 1.61 bits per heavy atom. The summed E-state index contributed by atoms with van der Waals surface area (Å²) < 4.78 is 6.09. The van der Waals surface area contributed by atoms with Crippen LogP contribution in [0.1, 0.15) is 12.5 Å². The number of rotatable bonds is 4. The summed E-state index contributed by atoms with van der Waals surface area (Å²) in [7, 11) is 0. The van der Waals surface area contributed by atoms with Crippen molar-refractivity contribution in [2.75, 3.05) is 6.61 Å². The Labute approximate surface area is 111 Å². The van der Waals surface area contributed by atoms with Crippen LogP contribution < -0.4 is 5.69 Å². The van der Waals surface area contributed by atoms with Crippen LogP contribution in [0, 0.1) is 0 Å². The van der Waals surface area contributed by atoms with Gasteiger partial charge in [-0.2, -0.15) is 0 Å². The second-order valence-electron chi connectivity index (χ2n) is 3.67. The molecule has 0 aliphatic carbocycles. The second kappa shape index (κ2) is 5.34. The monoisotopic (exact) mass is 313 g/mol. The topological polar surface area (TPSA) is 77.0 Å². The average Bonchev–Trinajstić information content (AvgIpc) is 2.65. The standard InChI is InChI=1S/C11H12BrN3O3/c1-2-18-9(16)6-15-10-8(14-11(15)17)3-7(4-12)5-13-10/h3,5H,2,4,6H2,1H3,(H,14,17). The van der Waals surface area contributed by atoms with Crippen molar-refractivity contribution in [2.45, 2.75) is 18.8 Å². The lowest BCUT2D eigenvalue weighted by Gasteiger charge is -2.02. The first-order valence-electron chi connectivity index (χ1n) is 5.44.